The molecule has 0 aliphatic carbocycles. The maximum Gasteiger partial charge on any atom is 0.246 e. The Kier molecular flexibility index (Phi) is 33.7. The Balaban J connectivity index is 2.26. The summed E-state index contributed by atoms with van der Waals surface area (Å²) in [6, 6.07) is 2.71. The van der Waals surface area contributed by atoms with E-state index < -0.39 is 162 Å². The van der Waals surface area contributed by atoms with Crippen LogP contribution in [0.1, 0.15) is 175 Å². The van der Waals surface area contributed by atoms with Gasteiger partial charge in [0.05, 0.1) is 18.7 Å². The molecule has 2 aromatic rings. The van der Waals surface area contributed by atoms with E-state index >= 15 is 19.2 Å². The van der Waals surface area contributed by atoms with Crippen molar-refractivity contribution in [2.24, 2.45) is 53.3 Å². The highest BCUT2D eigenvalue weighted by molar-refractivity contribution is 5.99. The zero-order chi connectivity index (χ0) is 73.8. The maximum absolute atomic E-state index is 15.5. The van der Waals surface area contributed by atoms with Crippen molar-refractivity contribution in [1.82, 2.24) is 44.9 Å². The average Bonchev–Trinajstić information content (AvgIpc) is 0.816. The highest BCUT2D eigenvalue weighted by Gasteiger charge is 2.46. The molecule has 1 aromatic carbocycles. The van der Waals surface area contributed by atoms with E-state index in [0.717, 1.165) is 30.3 Å². The SMILES string of the molecule is CC[C@@H]1CC(=O)[C@H]([C@H](O)[C@H](C)C/C=C/CCC[n+]2cccc3ccccc32)N(C)C(=O)[C@H](C(C)C)N(C)C(=O)[C@H](CC(C)C)N(C)C(=O)[C@H](CC(C)C)N(C)C(=O)[C@@H](C)CC(=O)[C@H](C)NC(=O)[C@H](CC(C)C)N(C)C(=O)[C@H](C(C)C)NC(=O)[C@H](CC(C)C)N(C)C(=O)CN(C)C1=O. The minimum absolute atomic E-state index is 0.116. The molecule has 22 nitrogen and oxygen atoms in total. The van der Waals surface area contributed by atoms with Crippen LogP contribution in [-0.2, 0) is 59.3 Å². The quantitative estimate of drug-likeness (QED) is 0.0709. The van der Waals surface area contributed by atoms with Gasteiger partial charge in [-0.15, -0.1) is 0 Å². The van der Waals surface area contributed by atoms with Gasteiger partial charge in [0.15, 0.2) is 17.8 Å². The Bertz CT molecular complexity index is 3030. The fourth-order valence-electron chi connectivity index (χ4n) is 13.1. The fourth-order valence-corrected chi connectivity index (χ4v) is 13.1. The third-order valence-electron chi connectivity index (χ3n) is 19.2. The summed E-state index contributed by atoms with van der Waals surface area (Å²) in [5.41, 5.74) is 1.12. The lowest BCUT2D eigenvalue weighted by Gasteiger charge is -2.41. The minimum atomic E-state index is -1.53. The van der Waals surface area contributed by atoms with E-state index in [0.29, 0.717) is 6.42 Å². The van der Waals surface area contributed by atoms with Crippen molar-refractivity contribution in [3.8, 4) is 0 Å². The lowest BCUT2D eigenvalue weighted by molar-refractivity contribution is -0.671. The van der Waals surface area contributed by atoms with Crippen LogP contribution in [0.3, 0.4) is 0 Å². The Labute approximate surface area is 580 Å². The molecule has 1 saturated heterocycles. The normalized spacial score (nSPS) is 25.2. The zero-order valence-corrected chi connectivity index (χ0v) is 63.1. The largest absolute Gasteiger partial charge is 0.390 e. The summed E-state index contributed by atoms with van der Waals surface area (Å²) < 4.78 is 2.20. The van der Waals surface area contributed by atoms with Crippen molar-refractivity contribution in [2.75, 3.05) is 55.9 Å². The van der Waals surface area contributed by atoms with Gasteiger partial charge in [-0.2, -0.15) is 4.57 Å². The smallest absolute Gasteiger partial charge is 0.246 e. The Hall–Kier alpha value is -7.10. The van der Waals surface area contributed by atoms with Crippen molar-refractivity contribution < 1.29 is 62.4 Å². The fraction of sp³-hybridized carbons (Fsp3) is 0.707. The van der Waals surface area contributed by atoms with E-state index in [2.05, 4.69) is 33.4 Å². The number of carbonyl (C=O) groups excluding carboxylic acids is 11. The number of carbonyl (C=O) groups is 11. The summed E-state index contributed by atoms with van der Waals surface area (Å²) in [6.07, 6.45) is 6.47. The lowest BCUT2D eigenvalue weighted by Crippen LogP contribution is -2.61. The molecular formula is C75H123N10O12+. The number of nitrogens with zero attached hydrogens (tertiary/aromatic N) is 8. The first kappa shape index (κ1) is 84.1. The summed E-state index contributed by atoms with van der Waals surface area (Å²) in [5, 5.41) is 19.4. The lowest BCUT2D eigenvalue weighted by atomic mass is 9.86. The molecule has 0 unspecified atom stereocenters. The van der Waals surface area contributed by atoms with Gasteiger partial charge in [0.25, 0.3) is 0 Å². The third kappa shape index (κ3) is 23.5. The van der Waals surface area contributed by atoms with Gasteiger partial charge in [0.2, 0.25) is 58.7 Å². The van der Waals surface area contributed by atoms with Crippen LogP contribution >= 0.6 is 0 Å². The van der Waals surface area contributed by atoms with Crippen LogP contribution < -0.4 is 15.2 Å². The first-order chi connectivity index (χ1) is 45.2. The summed E-state index contributed by atoms with van der Waals surface area (Å²) in [7, 11) is 10.2. The van der Waals surface area contributed by atoms with Gasteiger partial charge in [-0.25, -0.2) is 0 Å². The topological polar surface area (TPSA) is 259 Å². The summed E-state index contributed by atoms with van der Waals surface area (Å²) >= 11 is 0. The Morgan fingerprint density at radius 3 is 1.55 bits per heavy atom. The van der Waals surface area contributed by atoms with Crippen molar-refractivity contribution >= 4 is 75.6 Å². The zero-order valence-electron chi connectivity index (χ0n) is 63.1. The number of likely N-dealkylation sites (N-methyl/N-ethyl adjacent to an activating group) is 7. The monoisotopic (exact) mass is 1360 g/mol. The van der Waals surface area contributed by atoms with E-state index in [9.17, 15) is 38.7 Å². The number of ketones is 2. The van der Waals surface area contributed by atoms with Gasteiger partial charge < -0.3 is 50.0 Å². The number of aliphatic hydroxyl groups excluding tert-OH is 1. The van der Waals surface area contributed by atoms with Crippen molar-refractivity contribution in [1.29, 1.82) is 0 Å². The molecule has 0 spiro atoms. The van der Waals surface area contributed by atoms with Crippen LogP contribution in [0.5, 0.6) is 0 Å². The number of fused-ring (bicyclic) bond motifs is 1. The summed E-state index contributed by atoms with van der Waals surface area (Å²) in [4.78, 5) is 171. The number of pyridine rings is 1. The number of unbranched alkanes of at least 4 members (excludes halogenated alkanes) is 1. The van der Waals surface area contributed by atoms with Crippen LogP contribution in [0.4, 0.5) is 0 Å². The molecule has 22 heteroatoms. The van der Waals surface area contributed by atoms with E-state index in [1.807, 2.05) is 91.9 Å². The molecule has 2 heterocycles. The van der Waals surface area contributed by atoms with E-state index in [-0.39, 0.29) is 62.2 Å². The first-order valence-electron chi connectivity index (χ1n) is 35.4. The first-order valence-corrected chi connectivity index (χ1v) is 35.4. The number of benzene rings is 1. The number of rotatable bonds is 19. The molecule has 3 rings (SSSR count). The van der Waals surface area contributed by atoms with Crippen molar-refractivity contribution in [3.63, 3.8) is 0 Å². The number of aryl methyl sites for hydroxylation is 1. The number of para-hydroxylation sites is 1. The van der Waals surface area contributed by atoms with Crippen LogP contribution in [0, 0.1) is 53.3 Å². The Morgan fingerprint density at radius 2 is 1.01 bits per heavy atom. The van der Waals surface area contributed by atoms with Gasteiger partial charge in [-0.3, -0.25) is 52.7 Å². The molecule has 0 radical (unpaired) electrons. The van der Waals surface area contributed by atoms with Gasteiger partial charge >= 0.3 is 0 Å². The number of Topliss-reactive ketones (excluding diaryl/α,β-unsaturated/α-hetero) is 2. The number of amides is 9. The van der Waals surface area contributed by atoms with Gasteiger partial charge in [0, 0.05) is 98.0 Å². The summed E-state index contributed by atoms with van der Waals surface area (Å²) in [6.45, 7) is 28.9. The second-order valence-electron chi connectivity index (χ2n) is 30.0. The number of hydrogen-bond donors (Lipinski definition) is 3. The number of aliphatic hydroxyl groups is 1. The van der Waals surface area contributed by atoms with Gasteiger partial charge in [-0.1, -0.05) is 128 Å². The predicted octanol–water partition coefficient (Wildman–Crippen LogP) is 7.35. The number of allylic oxidation sites excluding steroid dienone is 2. The number of aromatic nitrogens is 1. The molecule has 3 N–H and O–H groups in total. The van der Waals surface area contributed by atoms with E-state index in [4.69, 9.17) is 0 Å². The molecule has 9 amide bonds. The van der Waals surface area contributed by atoms with Crippen molar-refractivity contribution in [3.05, 3.63) is 54.7 Å². The van der Waals surface area contributed by atoms with E-state index in [1.165, 1.54) is 90.6 Å². The maximum atomic E-state index is 15.5. The highest BCUT2D eigenvalue weighted by Crippen LogP contribution is 2.28. The second-order valence-corrected chi connectivity index (χ2v) is 30.0. The molecule has 1 aliphatic rings. The average molecular weight is 1360 g/mol. The molecule has 97 heavy (non-hydrogen) atoms. The summed E-state index contributed by atoms with van der Waals surface area (Å²) in [5.74, 6) is -10.7. The minimum Gasteiger partial charge on any atom is -0.390 e. The molecule has 544 valence electrons. The Morgan fingerprint density at radius 1 is 0.526 bits per heavy atom. The van der Waals surface area contributed by atoms with Gasteiger partial charge in [0.1, 0.15) is 48.8 Å². The molecule has 1 fully saturated rings. The molecular weight excluding hydrogens is 1230 g/mol. The molecule has 0 saturated carbocycles. The van der Waals surface area contributed by atoms with Crippen LogP contribution in [0.2, 0.25) is 0 Å². The molecule has 12 atom stereocenters. The van der Waals surface area contributed by atoms with Crippen LogP contribution in [0.15, 0.2) is 54.7 Å². The number of nitrogens with one attached hydrogen (secondary N) is 2. The third-order valence-corrected chi connectivity index (χ3v) is 19.2. The van der Waals surface area contributed by atoms with Gasteiger partial charge in [-0.05, 0) is 105 Å². The predicted molar refractivity (Wildman–Crippen MR) is 379 cm³/mol. The molecule has 1 aliphatic heterocycles. The second kappa shape index (κ2) is 38.9. The molecule has 1 aromatic heterocycles. The van der Waals surface area contributed by atoms with Crippen LogP contribution in [0.25, 0.3) is 10.9 Å². The van der Waals surface area contributed by atoms with Crippen molar-refractivity contribution in [2.45, 2.75) is 236 Å². The highest BCUT2D eigenvalue weighted by atomic mass is 16.3. The standard InChI is InChI=1S/C75H122N10O12/c1-24-54-43-62(87)66(67(89)51(14)32-27-25-26-30-36-85-37-31-34-55-33-28-29-35-56(55)85)84(23)75(97)65(50(12)13)83(22)73(95)60(41-48(8)9)82(21)72(94)59(40-47(6)7)81(20)70(92)52(15)42-61(86)53(16)76-68(90)58(39-46(4)5)80(19)74(96)64(49(10)11)77-69(91)57(38-45(2)3)79(18)63(88)44-78(17)71(54)93/h25,27-29,31,33-35,37,45-54,57-60,64-67,89H,24,26,30,32,36,38-44H2,1-23H3,(H-,76,77,90,91)/p+1/b27-25+/t51-,52+,53+,54-,57+,58+,59+,60+,64+,65+,66-,67-/m1/s1. The van der Waals surface area contributed by atoms with Crippen LogP contribution in [-0.4, -0.2) is 214 Å². The molecule has 0 bridgehead atoms. The van der Waals surface area contributed by atoms with E-state index in [1.54, 1.807) is 48.5 Å². The number of hydrogen-bond acceptors (Lipinski definition) is 12.